The van der Waals surface area contributed by atoms with Gasteiger partial charge in [-0.2, -0.15) is 5.10 Å². The fourth-order valence-electron chi connectivity index (χ4n) is 0.851. The normalized spacial score (nSPS) is 13.4. The molecule has 0 aliphatic heterocycles. The molecule has 1 aromatic rings. The summed E-state index contributed by atoms with van der Waals surface area (Å²) in [6, 6.07) is 0. The van der Waals surface area contributed by atoms with Crippen LogP contribution >= 0.6 is 15.9 Å². The summed E-state index contributed by atoms with van der Waals surface area (Å²) in [5, 5.41) is 15.4. The number of aliphatic hydroxyl groups excluding tert-OH is 1. The van der Waals surface area contributed by atoms with Crippen LogP contribution in [0.15, 0.2) is 10.7 Å². The number of H-pyrrole nitrogens is 1. The van der Waals surface area contributed by atoms with E-state index < -0.39 is 0 Å². The third kappa shape index (κ3) is 1.79. The number of hydrogen-bond acceptors (Lipinski definition) is 3. The number of nitrogens with zero attached hydrogens (tertiary/aromatic N) is 1. The summed E-state index contributed by atoms with van der Waals surface area (Å²) in [6.45, 7) is 0.453. The molecule has 1 heterocycles. The monoisotopic (exact) mass is 219 g/mol. The number of nitrogens with two attached hydrogens (primary N) is 1. The minimum absolute atomic E-state index is 0.0390. The highest BCUT2D eigenvalue weighted by molar-refractivity contribution is 9.10. The van der Waals surface area contributed by atoms with Crippen LogP contribution in [-0.4, -0.2) is 28.5 Å². The molecule has 1 unspecified atom stereocenters. The predicted molar refractivity (Wildman–Crippen MR) is 45.2 cm³/mol. The summed E-state index contributed by atoms with van der Waals surface area (Å²) in [6.07, 6.45) is 1.65. The number of rotatable bonds is 3. The van der Waals surface area contributed by atoms with Crippen molar-refractivity contribution in [1.82, 2.24) is 10.2 Å². The topological polar surface area (TPSA) is 74.9 Å². The van der Waals surface area contributed by atoms with Gasteiger partial charge in [-0.15, -0.1) is 0 Å². The van der Waals surface area contributed by atoms with Crippen molar-refractivity contribution < 1.29 is 5.11 Å². The van der Waals surface area contributed by atoms with Gasteiger partial charge in [0, 0.05) is 12.5 Å². The maximum atomic E-state index is 8.87. The van der Waals surface area contributed by atoms with Gasteiger partial charge in [0.1, 0.15) is 0 Å². The molecule has 0 amide bonds. The summed E-state index contributed by atoms with van der Waals surface area (Å²) in [5.41, 5.74) is 6.27. The molecule has 62 valence electrons. The molecule has 0 spiro atoms. The zero-order chi connectivity index (χ0) is 8.27. The first-order valence-electron chi connectivity index (χ1n) is 3.29. The molecule has 0 fully saturated rings. The van der Waals surface area contributed by atoms with Crippen molar-refractivity contribution in [2.75, 3.05) is 13.2 Å². The van der Waals surface area contributed by atoms with Crippen molar-refractivity contribution in [1.29, 1.82) is 0 Å². The first-order valence-corrected chi connectivity index (χ1v) is 4.08. The summed E-state index contributed by atoms with van der Waals surface area (Å²) < 4.78 is 0.863. The molecule has 1 rings (SSSR count). The number of halogens is 1. The van der Waals surface area contributed by atoms with Crippen LogP contribution in [0, 0.1) is 0 Å². The van der Waals surface area contributed by atoms with Gasteiger partial charge >= 0.3 is 0 Å². The van der Waals surface area contributed by atoms with Crippen LogP contribution in [0.1, 0.15) is 11.6 Å². The Hall–Kier alpha value is -0.390. The molecule has 11 heavy (non-hydrogen) atoms. The van der Waals surface area contributed by atoms with E-state index in [0.29, 0.717) is 6.54 Å². The van der Waals surface area contributed by atoms with E-state index in [1.807, 2.05) is 0 Å². The van der Waals surface area contributed by atoms with Gasteiger partial charge in [-0.1, -0.05) is 0 Å². The van der Waals surface area contributed by atoms with Crippen molar-refractivity contribution in [3.8, 4) is 0 Å². The molecule has 4 nitrogen and oxygen atoms in total. The Bertz CT molecular complexity index is 221. The molecule has 0 saturated carbocycles. The summed E-state index contributed by atoms with van der Waals surface area (Å²) in [4.78, 5) is 0. The van der Waals surface area contributed by atoms with Crippen molar-refractivity contribution in [3.05, 3.63) is 16.4 Å². The summed E-state index contributed by atoms with van der Waals surface area (Å²) >= 11 is 3.29. The predicted octanol–water partition coefficient (Wildman–Crippen LogP) is 0.207. The second-order valence-corrected chi connectivity index (χ2v) is 3.10. The third-order valence-electron chi connectivity index (χ3n) is 1.53. The molecular weight excluding hydrogens is 210 g/mol. The van der Waals surface area contributed by atoms with Gasteiger partial charge < -0.3 is 10.8 Å². The molecule has 0 aromatic carbocycles. The number of hydrogen-bond donors (Lipinski definition) is 3. The summed E-state index contributed by atoms with van der Waals surface area (Å²) in [7, 11) is 0. The number of nitrogens with one attached hydrogen (secondary N) is 1. The van der Waals surface area contributed by atoms with E-state index in [9.17, 15) is 0 Å². The Kier molecular flexibility index (Phi) is 3.04. The molecule has 4 N–H and O–H groups in total. The molecular formula is C6H10BrN3O. The lowest BCUT2D eigenvalue weighted by Gasteiger charge is -2.08. The molecule has 5 heteroatoms. The second kappa shape index (κ2) is 3.85. The van der Waals surface area contributed by atoms with E-state index >= 15 is 0 Å². The van der Waals surface area contributed by atoms with Crippen LogP contribution in [0.4, 0.5) is 0 Å². The summed E-state index contributed by atoms with van der Waals surface area (Å²) in [5.74, 6) is -0.0492. The zero-order valence-electron chi connectivity index (χ0n) is 5.92. The maximum absolute atomic E-state index is 8.87. The Labute approximate surface area is 72.9 Å². The van der Waals surface area contributed by atoms with E-state index in [1.165, 1.54) is 0 Å². The van der Waals surface area contributed by atoms with Crippen molar-refractivity contribution in [2.45, 2.75) is 5.92 Å². The SMILES string of the molecule is NCC(CO)c1[nH]ncc1Br. The fraction of sp³-hybridized carbons (Fsp3) is 0.500. The van der Waals surface area contributed by atoms with Crippen LogP contribution < -0.4 is 5.73 Å². The Morgan fingerprint density at radius 1 is 1.82 bits per heavy atom. The Balaban J connectivity index is 2.81. The van der Waals surface area contributed by atoms with Gasteiger partial charge in [0.2, 0.25) is 0 Å². The maximum Gasteiger partial charge on any atom is 0.0632 e. The van der Waals surface area contributed by atoms with E-state index in [0.717, 1.165) is 10.2 Å². The van der Waals surface area contributed by atoms with E-state index in [2.05, 4.69) is 26.1 Å². The molecule has 0 aliphatic carbocycles. The Morgan fingerprint density at radius 2 is 2.55 bits per heavy atom. The first-order chi connectivity index (χ1) is 5.29. The molecule has 0 aliphatic rings. The van der Waals surface area contributed by atoms with Crippen LogP contribution in [0.2, 0.25) is 0 Å². The lowest BCUT2D eigenvalue weighted by atomic mass is 10.1. The molecule has 1 aromatic heterocycles. The smallest absolute Gasteiger partial charge is 0.0632 e. The average Bonchev–Trinajstić information content (AvgIpc) is 2.40. The van der Waals surface area contributed by atoms with Gasteiger partial charge in [-0.25, -0.2) is 0 Å². The quantitative estimate of drug-likeness (QED) is 0.681. The highest BCUT2D eigenvalue weighted by atomic mass is 79.9. The third-order valence-corrected chi connectivity index (χ3v) is 2.17. The van der Waals surface area contributed by atoms with Gasteiger partial charge in [0.25, 0.3) is 0 Å². The minimum atomic E-state index is -0.0492. The number of aromatic nitrogens is 2. The number of aliphatic hydroxyl groups is 1. The van der Waals surface area contributed by atoms with Gasteiger partial charge in [0.05, 0.1) is 23.0 Å². The van der Waals surface area contributed by atoms with Gasteiger partial charge in [0.15, 0.2) is 0 Å². The molecule has 0 bridgehead atoms. The van der Waals surface area contributed by atoms with E-state index in [1.54, 1.807) is 6.20 Å². The van der Waals surface area contributed by atoms with Crippen LogP contribution in [0.3, 0.4) is 0 Å². The minimum Gasteiger partial charge on any atom is -0.396 e. The molecule has 1 atom stereocenters. The average molecular weight is 220 g/mol. The van der Waals surface area contributed by atoms with E-state index in [-0.39, 0.29) is 12.5 Å². The van der Waals surface area contributed by atoms with Crippen LogP contribution in [0.25, 0.3) is 0 Å². The van der Waals surface area contributed by atoms with Gasteiger partial charge in [-0.3, -0.25) is 5.10 Å². The second-order valence-electron chi connectivity index (χ2n) is 2.25. The van der Waals surface area contributed by atoms with Gasteiger partial charge in [-0.05, 0) is 15.9 Å². The van der Waals surface area contributed by atoms with Crippen molar-refractivity contribution >= 4 is 15.9 Å². The zero-order valence-corrected chi connectivity index (χ0v) is 7.50. The van der Waals surface area contributed by atoms with Crippen LogP contribution in [-0.2, 0) is 0 Å². The van der Waals surface area contributed by atoms with Crippen molar-refractivity contribution in [2.24, 2.45) is 5.73 Å². The highest BCUT2D eigenvalue weighted by Gasteiger charge is 2.12. The lowest BCUT2D eigenvalue weighted by molar-refractivity contribution is 0.265. The molecule has 0 saturated heterocycles. The van der Waals surface area contributed by atoms with Crippen LogP contribution in [0.5, 0.6) is 0 Å². The largest absolute Gasteiger partial charge is 0.396 e. The first kappa shape index (κ1) is 8.70. The highest BCUT2D eigenvalue weighted by Crippen LogP contribution is 2.20. The fourth-order valence-corrected chi connectivity index (χ4v) is 1.37. The molecule has 0 radical (unpaired) electrons. The number of aromatic amines is 1. The van der Waals surface area contributed by atoms with Crippen molar-refractivity contribution in [3.63, 3.8) is 0 Å². The van der Waals surface area contributed by atoms with E-state index in [4.69, 9.17) is 10.8 Å². The standard InChI is InChI=1S/C6H10BrN3O/c7-5-2-9-10-6(5)4(1-8)3-11/h2,4,11H,1,3,8H2,(H,9,10). The lowest BCUT2D eigenvalue weighted by Crippen LogP contribution is -2.16. The Morgan fingerprint density at radius 3 is 2.91 bits per heavy atom.